The lowest BCUT2D eigenvalue weighted by atomic mass is 9.72. The van der Waals surface area contributed by atoms with Gasteiger partial charge in [0, 0.05) is 10.4 Å². The Kier molecular flexibility index (Phi) is 5.84. The number of fused-ring (bicyclic) bond motifs is 3. The molecule has 3 atom stereocenters. The van der Waals surface area contributed by atoms with E-state index < -0.39 is 11.2 Å². The summed E-state index contributed by atoms with van der Waals surface area (Å²) in [6.07, 6.45) is 6.40. The second-order valence-electron chi connectivity index (χ2n) is 7.42. The molecule has 156 valence electrons. The van der Waals surface area contributed by atoms with Crippen LogP contribution < -0.4 is 9.47 Å². The molecule has 5 rings (SSSR count). The molecule has 1 aromatic heterocycles. The second kappa shape index (κ2) is 8.25. The zero-order chi connectivity index (χ0) is 21.4. The Bertz CT molecular complexity index is 1030. The number of rotatable bonds is 3. The first kappa shape index (κ1) is 21.2. The Labute approximate surface area is 190 Å². The summed E-state index contributed by atoms with van der Waals surface area (Å²) in [6, 6.07) is 18.3. The van der Waals surface area contributed by atoms with Crippen molar-refractivity contribution in [2.45, 2.75) is 30.0 Å². The van der Waals surface area contributed by atoms with Crippen molar-refractivity contribution in [1.82, 2.24) is 4.98 Å². The van der Waals surface area contributed by atoms with Gasteiger partial charge in [-0.15, -0.1) is 0 Å². The number of halogens is 1. The van der Waals surface area contributed by atoms with Gasteiger partial charge in [0.25, 0.3) is 0 Å². The minimum atomic E-state index is -1.20. The van der Waals surface area contributed by atoms with Gasteiger partial charge in [-0.25, -0.2) is 0 Å². The molecule has 1 aliphatic heterocycles. The lowest BCUT2D eigenvalue weighted by Gasteiger charge is -2.40. The molecule has 0 amide bonds. The number of aromatic nitrogens is 1. The van der Waals surface area contributed by atoms with E-state index in [9.17, 15) is 5.11 Å². The van der Waals surface area contributed by atoms with E-state index in [4.69, 9.17) is 9.47 Å². The fourth-order valence-corrected chi connectivity index (χ4v) is 5.28. The minimum Gasteiger partial charge on any atom is -0.495 e. The van der Waals surface area contributed by atoms with Crippen molar-refractivity contribution in [3.8, 4) is 11.5 Å². The van der Waals surface area contributed by atoms with Crippen LogP contribution in [0.25, 0.3) is 0 Å². The largest absolute Gasteiger partial charge is 0.495 e. The molecule has 1 aliphatic carbocycles. The third-order valence-corrected chi connectivity index (χ3v) is 6.68. The molecule has 1 fully saturated rings. The topological polar surface area (TPSA) is 51.6 Å². The summed E-state index contributed by atoms with van der Waals surface area (Å²) in [6.45, 7) is 0. The van der Waals surface area contributed by atoms with Crippen molar-refractivity contribution in [2.24, 2.45) is 0 Å². The molecule has 0 spiro atoms. The second-order valence-corrected chi connectivity index (χ2v) is 8.34. The summed E-state index contributed by atoms with van der Waals surface area (Å²) in [5, 5.41) is 12.2. The van der Waals surface area contributed by atoms with Gasteiger partial charge >= 0.3 is 0 Å². The monoisotopic (exact) mass is 485 g/mol. The molecule has 2 aliphatic rings. The Morgan fingerprint density at radius 3 is 2.47 bits per heavy atom. The van der Waals surface area contributed by atoms with Crippen LogP contribution in [0.3, 0.4) is 0 Å². The number of hydrogen-bond acceptors (Lipinski definition) is 5. The number of aliphatic hydroxyl groups is 1. The first-order valence-corrected chi connectivity index (χ1v) is 11.5. The van der Waals surface area contributed by atoms with E-state index in [0.29, 0.717) is 23.5 Å². The van der Waals surface area contributed by atoms with Crippen molar-refractivity contribution < 1.29 is 14.6 Å². The van der Waals surface area contributed by atoms with Gasteiger partial charge in [0.1, 0.15) is 17.1 Å². The van der Waals surface area contributed by atoms with Crippen molar-refractivity contribution >= 4 is 28.6 Å². The number of thiol groups is 1. The number of ether oxygens (including phenoxy) is 2. The molecule has 1 saturated carbocycles. The molecular formula is C24H24BrNO3S. The van der Waals surface area contributed by atoms with Crippen molar-refractivity contribution in [3.63, 3.8) is 0 Å². The van der Waals surface area contributed by atoms with E-state index >= 15 is 0 Å². The zero-order valence-electron chi connectivity index (χ0n) is 16.9. The number of benzene rings is 2. The Hall–Kier alpha value is -2.02. The van der Waals surface area contributed by atoms with E-state index in [2.05, 4.69) is 45.7 Å². The Morgan fingerprint density at radius 1 is 1.10 bits per heavy atom. The zero-order valence-corrected chi connectivity index (χ0v) is 19.4. The molecule has 1 N–H and O–H groups in total. The summed E-state index contributed by atoms with van der Waals surface area (Å²) in [5.74, 6) is 1.15. The third-order valence-electron chi connectivity index (χ3n) is 6.16. The maximum absolute atomic E-state index is 12.2. The summed E-state index contributed by atoms with van der Waals surface area (Å²) >= 11 is 7.04. The molecule has 4 nitrogen and oxygen atoms in total. The van der Waals surface area contributed by atoms with Gasteiger partial charge in [-0.1, -0.05) is 58.4 Å². The number of hydrogen-bond donors (Lipinski definition) is 2. The van der Waals surface area contributed by atoms with Crippen molar-refractivity contribution in [3.05, 3.63) is 88.2 Å². The summed E-state index contributed by atoms with van der Waals surface area (Å²) in [5.41, 5.74) is 0.661. The first-order valence-electron chi connectivity index (χ1n) is 9.80. The predicted molar refractivity (Wildman–Crippen MR) is 124 cm³/mol. The molecule has 3 aromatic rings. The van der Waals surface area contributed by atoms with E-state index in [0.717, 1.165) is 22.0 Å². The summed E-state index contributed by atoms with van der Waals surface area (Å²) < 4.78 is 13.2. The minimum absolute atomic E-state index is 0.00279. The highest BCUT2D eigenvalue weighted by Crippen LogP contribution is 2.67. The molecule has 2 heterocycles. The quantitative estimate of drug-likeness (QED) is 0.484. The van der Waals surface area contributed by atoms with Gasteiger partial charge in [-0.05, 0) is 42.4 Å². The molecule has 2 aromatic carbocycles. The van der Waals surface area contributed by atoms with E-state index in [1.807, 2.05) is 42.5 Å². The Balaban J connectivity index is 0.00000106. The van der Waals surface area contributed by atoms with Crippen LogP contribution in [-0.4, -0.2) is 23.5 Å². The van der Waals surface area contributed by atoms with E-state index in [1.165, 1.54) is 0 Å². The van der Waals surface area contributed by atoms with Crippen LogP contribution in [0.15, 0.2) is 71.5 Å². The van der Waals surface area contributed by atoms with Crippen LogP contribution in [-0.2, 0) is 11.2 Å². The number of pyridine rings is 1. The van der Waals surface area contributed by atoms with Gasteiger partial charge < -0.3 is 14.6 Å². The highest BCUT2D eigenvalue weighted by atomic mass is 79.9. The van der Waals surface area contributed by atoms with Gasteiger partial charge in [0.15, 0.2) is 5.60 Å². The smallest absolute Gasteiger partial charge is 0.174 e. The SMILES string of the molecule is COc1cncc2c1C1(O)CCC(c3ccccc3)C1(c1ccc(Br)cc1)O2.CS. The van der Waals surface area contributed by atoms with Crippen LogP contribution in [0.1, 0.15) is 35.4 Å². The lowest BCUT2D eigenvalue weighted by molar-refractivity contribution is -0.106. The van der Waals surface area contributed by atoms with Gasteiger partial charge in [0.2, 0.25) is 0 Å². The van der Waals surface area contributed by atoms with Crippen LogP contribution in [0.5, 0.6) is 11.5 Å². The molecule has 30 heavy (non-hydrogen) atoms. The van der Waals surface area contributed by atoms with E-state index in [-0.39, 0.29) is 5.92 Å². The first-order chi connectivity index (χ1) is 14.6. The molecule has 6 heteroatoms. The fraction of sp³-hybridized carbons (Fsp3) is 0.292. The molecule has 3 unspecified atom stereocenters. The molecule has 0 bridgehead atoms. The number of nitrogens with zero attached hydrogens (tertiary/aromatic N) is 1. The van der Waals surface area contributed by atoms with Crippen LogP contribution >= 0.6 is 28.6 Å². The molecule has 0 radical (unpaired) electrons. The number of methoxy groups -OCH3 is 1. The van der Waals surface area contributed by atoms with Gasteiger partial charge in [0.05, 0.1) is 25.1 Å². The van der Waals surface area contributed by atoms with Crippen molar-refractivity contribution in [1.29, 1.82) is 0 Å². The highest BCUT2D eigenvalue weighted by molar-refractivity contribution is 9.10. The maximum Gasteiger partial charge on any atom is 0.174 e. The third kappa shape index (κ3) is 2.96. The maximum atomic E-state index is 12.2. The summed E-state index contributed by atoms with van der Waals surface area (Å²) in [4.78, 5) is 4.25. The summed E-state index contributed by atoms with van der Waals surface area (Å²) in [7, 11) is 1.60. The van der Waals surface area contributed by atoms with Crippen LogP contribution in [0.2, 0.25) is 0 Å². The van der Waals surface area contributed by atoms with Crippen LogP contribution in [0, 0.1) is 0 Å². The highest BCUT2D eigenvalue weighted by Gasteiger charge is 2.69. The van der Waals surface area contributed by atoms with Gasteiger partial charge in [-0.2, -0.15) is 12.6 Å². The van der Waals surface area contributed by atoms with Crippen LogP contribution in [0.4, 0.5) is 0 Å². The predicted octanol–water partition coefficient (Wildman–Crippen LogP) is 5.45. The van der Waals surface area contributed by atoms with Gasteiger partial charge in [-0.3, -0.25) is 4.98 Å². The molecule has 0 saturated heterocycles. The average molecular weight is 486 g/mol. The average Bonchev–Trinajstić information content (AvgIpc) is 3.23. The molecular weight excluding hydrogens is 462 g/mol. The Morgan fingerprint density at radius 2 is 1.80 bits per heavy atom. The van der Waals surface area contributed by atoms with Crippen molar-refractivity contribution in [2.75, 3.05) is 13.4 Å². The fourth-order valence-electron chi connectivity index (χ4n) is 5.02. The van der Waals surface area contributed by atoms with E-state index in [1.54, 1.807) is 25.8 Å². The normalized spacial score (nSPS) is 26.1. The standard InChI is InChI=1S/C23H20BrNO3.CH4S/c1-27-19-13-25-14-20-21(19)22(26)12-11-18(15-5-3-2-4-6-15)23(22,28-20)16-7-9-17(24)10-8-16;1-2/h2-10,13-14,18,26H,11-12H2,1H3;2H,1H3. The lowest BCUT2D eigenvalue weighted by Crippen LogP contribution is -2.48.